The second kappa shape index (κ2) is 8.73. The lowest BCUT2D eigenvalue weighted by Gasteiger charge is -2.12. The molecule has 3 rings (SSSR count). The monoisotopic (exact) mass is 397 g/mol. The number of carbonyl (C=O) groups is 1. The lowest BCUT2D eigenvalue weighted by Crippen LogP contribution is -2.16. The van der Waals surface area contributed by atoms with E-state index in [1.54, 1.807) is 49.6 Å². The average molecular weight is 398 g/mol. The van der Waals surface area contributed by atoms with E-state index in [1.807, 2.05) is 19.1 Å². The van der Waals surface area contributed by atoms with Gasteiger partial charge in [0, 0.05) is 18.9 Å². The van der Waals surface area contributed by atoms with E-state index in [4.69, 9.17) is 26.8 Å². The Bertz CT molecular complexity index is 1010. The number of carbonyl (C=O) groups excluding carboxylic acids is 1. The summed E-state index contributed by atoms with van der Waals surface area (Å²) in [5, 5.41) is 3.32. The molecule has 3 aromatic rings. The fourth-order valence-electron chi connectivity index (χ4n) is 2.62. The Morgan fingerprint density at radius 2 is 1.96 bits per heavy atom. The number of pyridine rings is 1. The molecule has 0 unspecified atom stereocenters. The maximum Gasteiger partial charge on any atom is 0.259 e. The summed E-state index contributed by atoms with van der Waals surface area (Å²) in [4.78, 5) is 16.9. The number of para-hydroxylation sites is 1. The molecule has 28 heavy (non-hydrogen) atoms. The van der Waals surface area contributed by atoms with E-state index in [9.17, 15) is 4.79 Å². The van der Waals surface area contributed by atoms with Crippen molar-refractivity contribution in [3.05, 3.63) is 76.4 Å². The van der Waals surface area contributed by atoms with E-state index >= 15 is 0 Å². The molecule has 0 aliphatic carbocycles. The van der Waals surface area contributed by atoms with Crippen molar-refractivity contribution in [1.82, 2.24) is 4.98 Å². The Balaban J connectivity index is 1.78. The Kier molecular flexibility index (Phi) is 6.13. The van der Waals surface area contributed by atoms with Crippen LogP contribution < -0.4 is 15.8 Å². The number of benzene rings is 2. The van der Waals surface area contributed by atoms with Gasteiger partial charge in [0.1, 0.15) is 17.3 Å². The maximum absolute atomic E-state index is 12.7. The number of halogens is 1. The first-order valence-electron chi connectivity index (χ1n) is 8.56. The standard InChI is InChI=1S/C21H20ClN3O3/c1-13-10-16(20(23)25-18(13)12-27-2)21(26)24-14-6-5-7-15(11-14)28-19-9-4-3-8-17(19)22/h3-11H,12H2,1-2H3,(H2,23,25)(H,24,26). The molecule has 0 bridgehead atoms. The topological polar surface area (TPSA) is 86.5 Å². The Morgan fingerprint density at radius 1 is 1.18 bits per heavy atom. The van der Waals surface area contributed by atoms with Crippen LogP contribution in [-0.2, 0) is 11.3 Å². The van der Waals surface area contributed by atoms with Crippen LogP contribution in [0.5, 0.6) is 11.5 Å². The van der Waals surface area contributed by atoms with Gasteiger partial charge in [-0.25, -0.2) is 4.98 Å². The average Bonchev–Trinajstić information content (AvgIpc) is 2.67. The predicted octanol–water partition coefficient (Wildman–Crippen LogP) is 4.82. The molecule has 6 nitrogen and oxygen atoms in total. The van der Waals surface area contributed by atoms with E-state index in [2.05, 4.69) is 10.3 Å². The number of nitrogens with zero attached hydrogens (tertiary/aromatic N) is 1. The first-order chi connectivity index (χ1) is 13.5. The Hall–Kier alpha value is -3.09. The fraction of sp³-hybridized carbons (Fsp3) is 0.143. The van der Waals surface area contributed by atoms with Crippen LogP contribution in [-0.4, -0.2) is 18.0 Å². The molecule has 7 heteroatoms. The van der Waals surface area contributed by atoms with Crippen molar-refractivity contribution in [2.75, 3.05) is 18.2 Å². The summed E-state index contributed by atoms with van der Waals surface area (Å²) in [6.07, 6.45) is 0. The number of nitrogens with one attached hydrogen (secondary N) is 1. The first kappa shape index (κ1) is 19.7. The van der Waals surface area contributed by atoms with E-state index in [1.165, 1.54) is 0 Å². The third kappa shape index (κ3) is 4.60. The number of anilines is 2. The lowest BCUT2D eigenvalue weighted by molar-refractivity contribution is 0.102. The molecular weight excluding hydrogens is 378 g/mol. The molecule has 3 N–H and O–H groups in total. The van der Waals surface area contributed by atoms with Crippen molar-refractivity contribution in [2.45, 2.75) is 13.5 Å². The van der Waals surface area contributed by atoms with Gasteiger partial charge in [0.2, 0.25) is 0 Å². The quantitative estimate of drug-likeness (QED) is 0.622. The minimum Gasteiger partial charge on any atom is -0.456 e. The first-order valence-corrected chi connectivity index (χ1v) is 8.94. The number of aromatic nitrogens is 1. The number of methoxy groups -OCH3 is 1. The Labute approximate surface area is 168 Å². The third-order valence-corrected chi connectivity index (χ3v) is 4.34. The molecule has 0 saturated heterocycles. The van der Waals surface area contributed by atoms with Crippen LogP contribution in [0.15, 0.2) is 54.6 Å². The molecule has 1 amide bonds. The van der Waals surface area contributed by atoms with Crippen LogP contribution in [0.3, 0.4) is 0 Å². The number of amides is 1. The van der Waals surface area contributed by atoms with Crippen LogP contribution in [0, 0.1) is 6.92 Å². The van der Waals surface area contributed by atoms with Crippen molar-refractivity contribution in [1.29, 1.82) is 0 Å². The molecule has 1 heterocycles. The molecule has 0 aliphatic heterocycles. The van der Waals surface area contributed by atoms with E-state index < -0.39 is 0 Å². The van der Waals surface area contributed by atoms with Crippen LogP contribution in [0.4, 0.5) is 11.5 Å². The molecular formula is C21H20ClN3O3. The van der Waals surface area contributed by atoms with E-state index in [0.717, 1.165) is 5.56 Å². The minimum atomic E-state index is -0.355. The van der Waals surface area contributed by atoms with Gasteiger partial charge >= 0.3 is 0 Å². The number of nitrogen functional groups attached to an aromatic ring is 1. The molecule has 0 saturated carbocycles. The van der Waals surface area contributed by atoms with Crippen LogP contribution >= 0.6 is 11.6 Å². The highest BCUT2D eigenvalue weighted by atomic mass is 35.5. The minimum absolute atomic E-state index is 0.152. The molecule has 0 radical (unpaired) electrons. The number of rotatable bonds is 6. The maximum atomic E-state index is 12.7. The van der Waals surface area contributed by atoms with E-state index in [0.29, 0.717) is 40.1 Å². The van der Waals surface area contributed by atoms with Gasteiger partial charge in [0.15, 0.2) is 0 Å². The van der Waals surface area contributed by atoms with Crippen molar-refractivity contribution in [3.8, 4) is 11.5 Å². The second-order valence-electron chi connectivity index (χ2n) is 6.13. The normalized spacial score (nSPS) is 10.5. The van der Waals surface area contributed by atoms with Gasteiger partial charge in [-0.15, -0.1) is 0 Å². The van der Waals surface area contributed by atoms with Gasteiger partial charge in [-0.05, 0) is 42.8 Å². The number of aryl methyl sites for hydroxylation is 1. The molecule has 1 aromatic heterocycles. The van der Waals surface area contributed by atoms with Crippen molar-refractivity contribution in [3.63, 3.8) is 0 Å². The predicted molar refractivity (Wildman–Crippen MR) is 110 cm³/mol. The summed E-state index contributed by atoms with van der Waals surface area (Å²) >= 11 is 6.12. The zero-order chi connectivity index (χ0) is 20.1. The lowest BCUT2D eigenvalue weighted by atomic mass is 10.1. The third-order valence-electron chi connectivity index (χ3n) is 4.03. The number of hydrogen-bond acceptors (Lipinski definition) is 5. The van der Waals surface area contributed by atoms with Crippen LogP contribution in [0.1, 0.15) is 21.6 Å². The molecule has 0 fully saturated rings. The molecule has 2 aromatic carbocycles. The summed E-state index contributed by atoms with van der Waals surface area (Å²) in [7, 11) is 1.58. The van der Waals surface area contributed by atoms with Gasteiger partial charge in [-0.2, -0.15) is 0 Å². The summed E-state index contributed by atoms with van der Waals surface area (Å²) in [5.41, 5.74) is 8.35. The highest BCUT2D eigenvalue weighted by molar-refractivity contribution is 6.32. The SMILES string of the molecule is COCc1nc(N)c(C(=O)Nc2cccc(Oc3ccccc3Cl)c2)cc1C. The van der Waals surface area contributed by atoms with Crippen LogP contribution in [0.2, 0.25) is 5.02 Å². The summed E-state index contributed by atoms with van der Waals surface area (Å²) in [5.74, 6) is 0.875. The van der Waals surface area contributed by atoms with Gasteiger partial charge in [0.05, 0.1) is 22.9 Å². The number of nitrogens with two attached hydrogens (primary N) is 1. The largest absolute Gasteiger partial charge is 0.456 e. The fourth-order valence-corrected chi connectivity index (χ4v) is 2.80. The van der Waals surface area contributed by atoms with Gasteiger partial charge in [-0.1, -0.05) is 29.8 Å². The molecule has 0 atom stereocenters. The van der Waals surface area contributed by atoms with Crippen molar-refractivity contribution in [2.24, 2.45) is 0 Å². The highest BCUT2D eigenvalue weighted by Crippen LogP contribution is 2.30. The van der Waals surface area contributed by atoms with Crippen LogP contribution in [0.25, 0.3) is 0 Å². The zero-order valence-corrected chi connectivity index (χ0v) is 16.3. The van der Waals surface area contributed by atoms with Gasteiger partial charge in [-0.3, -0.25) is 4.79 Å². The van der Waals surface area contributed by atoms with E-state index in [-0.39, 0.29) is 11.7 Å². The molecule has 0 aliphatic rings. The highest BCUT2D eigenvalue weighted by Gasteiger charge is 2.15. The molecule has 144 valence electrons. The summed E-state index contributed by atoms with van der Waals surface area (Å²) < 4.78 is 10.9. The van der Waals surface area contributed by atoms with Gasteiger partial charge in [0.25, 0.3) is 5.91 Å². The summed E-state index contributed by atoms with van der Waals surface area (Å²) in [6, 6.07) is 15.9. The van der Waals surface area contributed by atoms with Crippen molar-refractivity contribution >= 4 is 29.0 Å². The second-order valence-corrected chi connectivity index (χ2v) is 6.54. The molecule has 0 spiro atoms. The number of hydrogen-bond donors (Lipinski definition) is 2. The summed E-state index contributed by atoms with van der Waals surface area (Å²) in [6.45, 7) is 2.19. The Morgan fingerprint density at radius 3 is 2.71 bits per heavy atom. The van der Waals surface area contributed by atoms with Crippen molar-refractivity contribution < 1.29 is 14.3 Å². The van der Waals surface area contributed by atoms with Gasteiger partial charge < -0.3 is 20.5 Å². The zero-order valence-electron chi connectivity index (χ0n) is 15.5. The number of ether oxygens (including phenoxy) is 2. The smallest absolute Gasteiger partial charge is 0.259 e.